The molecular formula is C23H43O9P. The van der Waals surface area contributed by atoms with Gasteiger partial charge in [-0.15, -0.1) is 0 Å². The Morgan fingerprint density at radius 1 is 0.848 bits per heavy atom. The molecule has 4 N–H and O–H groups in total. The molecule has 0 fully saturated rings. The fraction of sp³-hybridized carbons (Fsp3) is 0.783. The number of allylic oxidation sites excluding steroid dienone is 4. The standard InChI is InChI=1S/C23H43O9P/c1-2-3-4-5-6-7-8-9-10-11-12-13-14-15-16-23(27)30-18-22(26)20-32-33(28,29)31-19-21(25)17-24/h5-6,8-9,21-22,24-26H,2-4,7,10-20H2,1H3,(H,28,29)/b6-5-,9-8-/t21-,22+/m0/s1. The van der Waals surface area contributed by atoms with Crippen LogP contribution in [0.15, 0.2) is 24.3 Å². The second kappa shape index (κ2) is 21.5. The molecule has 0 spiro atoms. The van der Waals surface area contributed by atoms with E-state index in [1.165, 1.54) is 12.8 Å². The van der Waals surface area contributed by atoms with Gasteiger partial charge in [0, 0.05) is 6.42 Å². The van der Waals surface area contributed by atoms with E-state index in [9.17, 15) is 19.4 Å². The van der Waals surface area contributed by atoms with Gasteiger partial charge < -0.3 is 24.9 Å². The van der Waals surface area contributed by atoms with Crippen molar-refractivity contribution in [1.82, 2.24) is 0 Å². The molecule has 0 aliphatic rings. The van der Waals surface area contributed by atoms with Crippen LogP contribution in [0.25, 0.3) is 0 Å². The van der Waals surface area contributed by atoms with E-state index in [-0.39, 0.29) is 13.0 Å². The van der Waals surface area contributed by atoms with Gasteiger partial charge in [0.25, 0.3) is 0 Å². The maximum atomic E-state index is 11.7. The maximum absolute atomic E-state index is 11.7. The van der Waals surface area contributed by atoms with Gasteiger partial charge in [0.15, 0.2) is 0 Å². The Morgan fingerprint density at radius 2 is 1.42 bits per heavy atom. The molecule has 0 aromatic heterocycles. The molecule has 9 nitrogen and oxygen atoms in total. The zero-order valence-corrected chi connectivity index (χ0v) is 20.7. The van der Waals surface area contributed by atoms with Crippen molar-refractivity contribution in [2.24, 2.45) is 0 Å². The topological polar surface area (TPSA) is 143 Å². The molecular weight excluding hydrogens is 451 g/mol. The summed E-state index contributed by atoms with van der Waals surface area (Å²) in [6.07, 6.45) is 17.1. The Bertz CT molecular complexity index is 580. The highest BCUT2D eigenvalue weighted by atomic mass is 31.2. The van der Waals surface area contributed by atoms with Gasteiger partial charge in [-0.1, -0.05) is 63.3 Å². The first kappa shape index (κ1) is 31.9. The van der Waals surface area contributed by atoms with Crippen molar-refractivity contribution in [2.45, 2.75) is 89.8 Å². The monoisotopic (exact) mass is 494 g/mol. The van der Waals surface area contributed by atoms with Crippen molar-refractivity contribution < 1.29 is 43.4 Å². The summed E-state index contributed by atoms with van der Waals surface area (Å²) in [7, 11) is -4.48. The third kappa shape index (κ3) is 22.5. The van der Waals surface area contributed by atoms with Crippen LogP contribution in [-0.4, -0.2) is 64.8 Å². The number of phosphoric ester groups is 1. The van der Waals surface area contributed by atoms with Crippen LogP contribution in [0.5, 0.6) is 0 Å². The molecule has 0 aliphatic heterocycles. The number of aliphatic hydroxyl groups is 3. The Hall–Kier alpha value is -1.06. The minimum atomic E-state index is -4.48. The predicted octanol–water partition coefficient (Wildman–Crippen LogP) is 3.80. The van der Waals surface area contributed by atoms with Gasteiger partial charge in [0.1, 0.15) is 18.8 Å². The second-order valence-electron chi connectivity index (χ2n) is 7.86. The molecule has 0 amide bonds. The molecule has 0 aromatic carbocycles. The summed E-state index contributed by atoms with van der Waals surface area (Å²) in [5.74, 6) is -0.446. The summed E-state index contributed by atoms with van der Waals surface area (Å²) in [5.41, 5.74) is 0. The molecule has 0 bridgehead atoms. The van der Waals surface area contributed by atoms with E-state index in [2.05, 4.69) is 40.3 Å². The first-order valence-electron chi connectivity index (χ1n) is 11.8. The first-order chi connectivity index (χ1) is 15.8. The molecule has 0 radical (unpaired) electrons. The number of carbonyl (C=O) groups excluding carboxylic acids is 1. The van der Waals surface area contributed by atoms with Crippen LogP contribution in [0.1, 0.15) is 77.6 Å². The predicted molar refractivity (Wildman–Crippen MR) is 127 cm³/mol. The Morgan fingerprint density at radius 3 is 2.06 bits per heavy atom. The Kier molecular flexibility index (Phi) is 20.8. The van der Waals surface area contributed by atoms with Gasteiger partial charge >= 0.3 is 13.8 Å². The lowest BCUT2D eigenvalue weighted by Crippen LogP contribution is -2.24. The molecule has 0 saturated carbocycles. The SMILES string of the molecule is CCCC/C=C\C/C=C\CCCCCCCC(=O)OC[C@@H](O)COP(=O)(O)OC[C@@H](O)CO. The number of unbranched alkanes of at least 4 members (excludes halogenated alkanes) is 7. The van der Waals surface area contributed by atoms with E-state index in [1.807, 2.05) is 0 Å². The van der Waals surface area contributed by atoms with E-state index < -0.39 is 45.8 Å². The van der Waals surface area contributed by atoms with Gasteiger partial charge in [0.2, 0.25) is 0 Å². The molecule has 0 aromatic rings. The van der Waals surface area contributed by atoms with Gasteiger partial charge in [-0.3, -0.25) is 13.8 Å². The van der Waals surface area contributed by atoms with Crippen LogP contribution in [-0.2, 0) is 23.1 Å². The first-order valence-corrected chi connectivity index (χ1v) is 13.3. The lowest BCUT2D eigenvalue weighted by molar-refractivity contribution is -0.147. The highest BCUT2D eigenvalue weighted by Crippen LogP contribution is 2.43. The number of phosphoric acid groups is 1. The average molecular weight is 495 g/mol. The smallest absolute Gasteiger partial charge is 0.463 e. The van der Waals surface area contributed by atoms with Gasteiger partial charge in [-0.2, -0.15) is 0 Å². The van der Waals surface area contributed by atoms with Crippen molar-refractivity contribution in [1.29, 1.82) is 0 Å². The largest absolute Gasteiger partial charge is 0.472 e. The highest BCUT2D eigenvalue weighted by molar-refractivity contribution is 7.47. The molecule has 1 unspecified atom stereocenters. The fourth-order valence-corrected chi connectivity index (χ4v) is 3.45. The molecule has 3 atom stereocenters. The van der Waals surface area contributed by atoms with Crippen molar-refractivity contribution in [3.8, 4) is 0 Å². The third-order valence-electron chi connectivity index (χ3n) is 4.59. The Labute approximate surface area is 198 Å². The van der Waals surface area contributed by atoms with Crippen LogP contribution in [0.4, 0.5) is 0 Å². The van der Waals surface area contributed by atoms with Crippen molar-refractivity contribution in [3.05, 3.63) is 24.3 Å². The van der Waals surface area contributed by atoms with Gasteiger partial charge in [-0.05, 0) is 32.1 Å². The minimum absolute atomic E-state index is 0.249. The van der Waals surface area contributed by atoms with Crippen LogP contribution >= 0.6 is 7.82 Å². The maximum Gasteiger partial charge on any atom is 0.472 e. The summed E-state index contributed by atoms with van der Waals surface area (Å²) in [6.45, 7) is 0.0209. The minimum Gasteiger partial charge on any atom is -0.463 e. The number of esters is 1. The average Bonchev–Trinajstić information content (AvgIpc) is 2.80. The molecule has 0 aliphatic carbocycles. The van der Waals surface area contributed by atoms with E-state index in [1.54, 1.807) is 0 Å². The number of carbonyl (C=O) groups is 1. The quantitative estimate of drug-likeness (QED) is 0.0765. The van der Waals surface area contributed by atoms with Crippen molar-refractivity contribution in [2.75, 3.05) is 26.4 Å². The molecule has 194 valence electrons. The van der Waals surface area contributed by atoms with Crippen LogP contribution < -0.4 is 0 Å². The van der Waals surface area contributed by atoms with Crippen molar-refractivity contribution in [3.63, 3.8) is 0 Å². The molecule has 0 saturated heterocycles. The highest BCUT2D eigenvalue weighted by Gasteiger charge is 2.24. The van der Waals surface area contributed by atoms with Gasteiger partial charge in [-0.25, -0.2) is 4.57 Å². The van der Waals surface area contributed by atoms with E-state index in [0.29, 0.717) is 6.42 Å². The number of hydrogen-bond acceptors (Lipinski definition) is 8. The molecule has 0 rings (SSSR count). The number of ether oxygens (including phenoxy) is 1. The lowest BCUT2D eigenvalue weighted by atomic mass is 10.1. The van der Waals surface area contributed by atoms with Crippen LogP contribution in [0, 0.1) is 0 Å². The molecule has 33 heavy (non-hydrogen) atoms. The normalized spacial score (nSPS) is 15.7. The second-order valence-corrected chi connectivity index (χ2v) is 9.31. The Balaban J connectivity index is 3.63. The summed E-state index contributed by atoms with van der Waals surface area (Å²) in [6, 6.07) is 0. The summed E-state index contributed by atoms with van der Waals surface area (Å²) < 4.78 is 25.5. The molecule has 10 heteroatoms. The van der Waals surface area contributed by atoms with E-state index in [4.69, 9.17) is 14.9 Å². The zero-order chi connectivity index (χ0) is 24.8. The summed E-state index contributed by atoms with van der Waals surface area (Å²) in [4.78, 5) is 21.1. The third-order valence-corrected chi connectivity index (χ3v) is 5.54. The number of aliphatic hydroxyl groups excluding tert-OH is 3. The summed E-state index contributed by atoms with van der Waals surface area (Å²) in [5, 5.41) is 27.4. The van der Waals surface area contributed by atoms with Crippen molar-refractivity contribution >= 4 is 13.8 Å². The fourth-order valence-electron chi connectivity index (χ4n) is 2.65. The van der Waals surface area contributed by atoms with Crippen LogP contribution in [0.3, 0.4) is 0 Å². The lowest BCUT2D eigenvalue weighted by Gasteiger charge is -2.16. The van der Waals surface area contributed by atoms with E-state index in [0.717, 1.165) is 44.9 Å². The van der Waals surface area contributed by atoms with Gasteiger partial charge in [0.05, 0.1) is 19.8 Å². The molecule has 0 heterocycles. The van der Waals surface area contributed by atoms with Crippen LogP contribution in [0.2, 0.25) is 0 Å². The van der Waals surface area contributed by atoms with E-state index >= 15 is 0 Å². The number of rotatable bonds is 22. The number of hydrogen-bond donors (Lipinski definition) is 4. The zero-order valence-electron chi connectivity index (χ0n) is 19.8. The summed E-state index contributed by atoms with van der Waals surface area (Å²) >= 11 is 0.